The first-order valence-corrected chi connectivity index (χ1v) is 9.00. The molecule has 27 heavy (non-hydrogen) atoms. The molecule has 0 spiro atoms. The Bertz CT molecular complexity index is 838. The molecule has 0 unspecified atom stereocenters. The maximum Gasteiger partial charge on any atom is 0.270 e. The van der Waals surface area contributed by atoms with E-state index in [0.717, 1.165) is 24.8 Å². The highest BCUT2D eigenvalue weighted by Crippen LogP contribution is 2.30. The van der Waals surface area contributed by atoms with E-state index in [-0.39, 0.29) is 23.2 Å². The van der Waals surface area contributed by atoms with Crippen molar-refractivity contribution in [2.45, 2.75) is 25.3 Å². The van der Waals surface area contributed by atoms with Crippen LogP contribution in [0.25, 0.3) is 0 Å². The minimum atomic E-state index is -0.494. The highest BCUT2D eigenvalue weighted by molar-refractivity contribution is 6.00. The molecular formula is C20H23N3O4. The predicted molar refractivity (Wildman–Crippen MR) is 103 cm³/mol. The summed E-state index contributed by atoms with van der Waals surface area (Å²) in [4.78, 5) is 23.6. The second-order valence-electron chi connectivity index (χ2n) is 6.52. The summed E-state index contributed by atoms with van der Waals surface area (Å²) in [7, 11) is 1.59. The first kappa shape index (κ1) is 18.8. The minimum absolute atomic E-state index is 0.0893. The van der Waals surface area contributed by atoms with Gasteiger partial charge in [0.15, 0.2) is 0 Å². The van der Waals surface area contributed by atoms with Gasteiger partial charge >= 0.3 is 0 Å². The van der Waals surface area contributed by atoms with Crippen LogP contribution in [0.3, 0.4) is 0 Å². The van der Waals surface area contributed by atoms with Crippen LogP contribution in [0.2, 0.25) is 0 Å². The van der Waals surface area contributed by atoms with Crippen molar-refractivity contribution in [2.24, 2.45) is 0 Å². The largest absolute Gasteiger partial charge is 0.383 e. The molecule has 1 aliphatic rings. The molecule has 0 aliphatic heterocycles. The van der Waals surface area contributed by atoms with Crippen LogP contribution in [-0.4, -0.2) is 31.1 Å². The lowest BCUT2D eigenvalue weighted by molar-refractivity contribution is -0.384. The van der Waals surface area contributed by atoms with Crippen LogP contribution >= 0.6 is 0 Å². The lowest BCUT2D eigenvalue weighted by Crippen LogP contribution is -2.31. The van der Waals surface area contributed by atoms with Crippen molar-refractivity contribution in [3.8, 4) is 0 Å². The summed E-state index contributed by atoms with van der Waals surface area (Å²) < 4.78 is 5.02. The third-order valence-electron chi connectivity index (χ3n) is 4.75. The Balaban J connectivity index is 1.84. The predicted octanol–water partition coefficient (Wildman–Crippen LogP) is 3.46. The fraction of sp³-hybridized carbons (Fsp3) is 0.350. The summed E-state index contributed by atoms with van der Waals surface area (Å²) in [6, 6.07) is 12.3. The quantitative estimate of drug-likeness (QED) is 0.443. The molecule has 0 aromatic heterocycles. The van der Waals surface area contributed by atoms with Gasteiger partial charge in [-0.3, -0.25) is 14.9 Å². The van der Waals surface area contributed by atoms with Crippen molar-refractivity contribution in [3.63, 3.8) is 0 Å². The number of nitrogens with one attached hydrogen (secondary N) is 2. The Hall–Kier alpha value is -2.93. The van der Waals surface area contributed by atoms with Crippen LogP contribution in [0.4, 0.5) is 11.4 Å². The minimum Gasteiger partial charge on any atom is -0.383 e. The average Bonchev–Trinajstić information content (AvgIpc) is 2.68. The van der Waals surface area contributed by atoms with Crippen molar-refractivity contribution >= 4 is 17.3 Å². The third kappa shape index (κ3) is 4.43. The number of hydrogen-bond donors (Lipinski definition) is 2. The van der Waals surface area contributed by atoms with Gasteiger partial charge in [-0.15, -0.1) is 0 Å². The summed E-state index contributed by atoms with van der Waals surface area (Å²) >= 11 is 0. The number of rotatable bonds is 7. The zero-order valence-corrected chi connectivity index (χ0v) is 15.2. The number of nitro benzene ring substituents is 1. The topological polar surface area (TPSA) is 93.5 Å². The lowest BCUT2D eigenvalue weighted by Gasteiger charge is -2.26. The molecule has 1 aliphatic carbocycles. The molecule has 7 heteroatoms. The maximum absolute atomic E-state index is 12.9. The molecule has 2 N–H and O–H groups in total. The summed E-state index contributed by atoms with van der Waals surface area (Å²) in [5, 5.41) is 17.3. The number of anilines is 1. The van der Waals surface area contributed by atoms with E-state index in [1.54, 1.807) is 13.2 Å². The number of ether oxygens (including phenoxy) is 1. The van der Waals surface area contributed by atoms with Gasteiger partial charge in [-0.05, 0) is 36.5 Å². The molecule has 0 saturated carbocycles. The summed E-state index contributed by atoms with van der Waals surface area (Å²) in [6.07, 6.45) is 2.85. The lowest BCUT2D eigenvalue weighted by atomic mass is 9.87. The Morgan fingerprint density at radius 3 is 2.89 bits per heavy atom. The second kappa shape index (κ2) is 8.64. The monoisotopic (exact) mass is 369 g/mol. The number of aryl methyl sites for hydroxylation is 1. The number of fused-ring (bicyclic) bond motifs is 1. The first-order valence-electron chi connectivity index (χ1n) is 9.00. The van der Waals surface area contributed by atoms with Gasteiger partial charge < -0.3 is 15.4 Å². The molecule has 2 aromatic carbocycles. The Labute approximate surface area is 157 Å². The number of non-ortho nitro benzene ring substituents is 1. The van der Waals surface area contributed by atoms with Crippen LogP contribution in [0.15, 0.2) is 42.5 Å². The molecule has 1 atom stereocenters. The maximum atomic E-state index is 12.9. The molecule has 1 amide bonds. The van der Waals surface area contributed by atoms with Gasteiger partial charge in [0, 0.05) is 31.5 Å². The molecule has 0 radical (unpaired) electrons. The number of nitrogens with zero attached hydrogens (tertiary/aromatic N) is 1. The van der Waals surface area contributed by atoms with Gasteiger partial charge in [-0.2, -0.15) is 0 Å². The number of amides is 1. The van der Waals surface area contributed by atoms with Gasteiger partial charge in [0.25, 0.3) is 11.6 Å². The van der Waals surface area contributed by atoms with Gasteiger partial charge in [-0.25, -0.2) is 0 Å². The molecule has 0 saturated heterocycles. The van der Waals surface area contributed by atoms with Crippen molar-refractivity contribution in [1.82, 2.24) is 5.32 Å². The van der Waals surface area contributed by atoms with Crippen LogP contribution in [0.5, 0.6) is 0 Å². The van der Waals surface area contributed by atoms with E-state index in [4.69, 9.17) is 4.74 Å². The number of hydrogen-bond acceptors (Lipinski definition) is 5. The molecule has 0 heterocycles. The van der Waals surface area contributed by atoms with Gasteiger partial charge in [0.1, 0.15) is 0 Å². The molecule has 142 valence electrons. The first-order chi connectivity index (χ1) is 13.1. The molecule has 0 bridgehead atoms. The van der Waals surface area contributed by atoms with Crippen LogP contribution < -0.4 is 10.6 Å². The van der Waals surface area contributed by atoms with Gasteiger partial charge in [0.2, 0.25) is 0 Å². The average molecular weight is 369 g/mol. The van der Waals surface area contributed by atoms with Gasteiger partial charge in [0.05, 0.1) is 23.1 Å². The summed E-state index contributed by atoms with van der Waals surface area (Å²) in [5.74, 6) is -0.319. The van der Waals surface area contributed by atoms with E-state index >= 15 is 0 Å². The van der Waals surface area contributed by atoms with Crippen LogP contribution in [0.1, 0.15) is 40.4 Å². The highest BCUT2D eigenvalue weighted by Gasteiger charge is 2.24. The summed E-state index contributed by atoms with van der Waals surface area (Å²) in [5.41, 5.74) is 3.08. The fourth-order valence-corrected chi connectivity index (χ4v) is 3.42. The van der Waals surface area contributed by atoms with Gasteiger partial charge in [-0.1, -0.05) is 24.3 Å². The fourth-order valence-electron chi connectivity index (χ4n) is 3.42. The number of methoxy groups -OCH3 is 1. The standard InChI is InChI=1S/C20H23N3O4/c1-27-12-11-21-18-10-9-15(23(25)26)13-17(18)20(24)22-19-8-4-6-14-5-2-3-7-16(14)19/h2-3,5,7,9-10,13,19,21H,4,6,8,11-12H2,1H3,(H,22,24)/t19-/m0/s1. The second-order valence-corrected chi connectivity index (χ2v) is 6.52. The van der Waals surface area contributed by atoms with E-state index < -0.39 is 4.92 Å². The van der Waals surface area contributed by atoms with Crippen molar-refractivity contribution < 1.29 is 14.5 Å². The number of nitro groups is 1. The highest BCUT2D eigenvalue weighted by atomic mass is 16.6. The third-order valence-corrected chi connectivity index (χ3v) is 4.75. The molecule has 3 rings (SSSR count). The zero-order valence-electron chi connectivity index (χ0n) is 15.2. The molecular weight excluding hydrogens is 346 g/mol. The Morgan fingerprint density at radius 2 is 2.11 bits per heavy atom. The SMILES string of the molecule is COCCNc1ccc([N+](=O)[O-])cc1C(=O)N[C@H]1CCCc2ccccc21. The number of carbonyl (C=O) groups excluding carboxylic acids is 1. The molecule has 7 nitrogen and oxygen atoms in total. The smallest absolute Gasteiger partial charge is 0.270 e. The van der Waals surface area contributed by atoms with Crippen molar-refractivity contribution in [2.75, 3.05) is 25.6 Å². The number of carbonyl (C=O) groups is 1. The van der Waals surface area contributed by atoms with E-state index in [1.165, 1.54) is 17.7 Å². The van der Waals surface area contributed by atoms with E-state index in [0.29, 0.717) is 18.8 Å². The Kier molecular flexibility index (Phi) is 6.03. The van der Waals surface area contributed by atoms with E-state index in [2.05, 4.69) is 16.7 Å². The normalized spacial score (nSPS) is 15.7. The summed E-state index contributed by atoms with van der Waals surface area (Å²) in [6.45, 7) is 0.967. The van der Waals surface area contributed by atoms with E-state index in [1.807, 2.05) is 18.2 Å². The molecule has 0 fully saturated rings. The zero-order chi connectivity index (χ0) is 19.2. The van der Waals surface area contributed by atoms with Crippen LogP contribution in [0, 0.1) is 10.1 Å². The molecule has 2 aromatic rings. The van der Waals surface area contributed by atoms with Crippen LogP contribution in [-0.2, 0) is 11.2 Å². The van der Waals surface area contributed by atoms with E-state index in [9.17, 15) is 14.9 Å². The Morgan fingerprint density at radius 1 is 1.30 bits per heavy atom. The van der Waals surface area contributed by atoms with Crippen molar-refractivity contribution in [1.29, 1.82) is 0 Å². The number of benzene rings is 2. The van der Waals surface area contributed by atoms with Crippen molar-refractivity contribution in [3.05, 3.63) is 69.3 Å².